The van der Waals surface area contributed by atoms with Crippen molar-refractivity contribution in [1.82, 2.24) is 10.2 Å². The van der Waals surface area contributed by atoms with Gasteiger partial charge in [0.2, 0.25) is 0 Å². The Labute approximate surface area is 107 Å². The molecule has 0 aromatic carbocycles. The molecule has 1 N–H and O–H groups in total. The maximum atomic E-state index is 3.90. The van der Waals surface area contributed by atoms with Gasteiger partial charge in [-0.1, -0.05) is 20.3 Å². The van der Waals surface area contributed by atoms with E-state index in [2.05, 4.69) is 31.0 Å². The number of nitrogens with one attached hydrogen (secondary N) is 1. The summed E-state index contributed by atoms with van der Waals surface area (Å²) in [6.07, 6.45) is 7.07. The second-order valence-electron chi connectivity index (χ2n) is 6.49. The molecule has 2 rings (SSSR count). The molecule has 3 atom stereocenters. The van der Waals surface area contributed by atoms with E-state index in [1.165, 1.54) is 51.7 Å². The lowest BCUT2D eigenvalue weighted by molar-refractivity contribution is 0.180. The molecule has 17 heavy (non-hydrogen) atoms. The molecule has 2 aliphatic rings. The van der Waals surface area contributed by atoms with E-state index in [4.69, 9.17) is 0 Å². The van der Waals surface area contributed by atoms with Crippen LogP contribution in [-0.4, -0.2) is 36.6 Å². The second-order valence-corrected chi connectivity index (χ2v) is 6.49. The summed E-state index contributed by atoms with van der Waals surface area (Å²) < 4.78 is 0. The quantitative estimate of drug-likeness (QED) is 0.810. The zero-order valence-corrected chi connectivity index (χ0v) is 11.9. The number of rotatable bonds is 4. The molecular weight excluding hydrogens is 208 g/mol. The van der Waals surface area contributed by atoms with Gasteiger partial charge in [0.15, 0.2) is 0 Å². The van der Waals surface area contributed by atoms with Crippen LogP contribution >= 0.6 is 0 Å². The highest BCUT2D eigenvalue weighted by molar-refractivity contribution is 4.86. The van der Waals surface area contributed by atoms with Crippen LogP contribution in [0.3, 0.4) is 0 Å². The normalized spacial score (nSPS) is 37.2. The van der Waals surface area contributed by atoms with Gasteiger partial charge in [0.25, 0.3) is 0 Å². The van der Waals surface area contributed by atoms with E-state index in [0.717, 1.165) is 17.9 Å². The molecule has 1 heterocycles. The third kappa shape index (κ3) is 3.69. The Morgan fingerprint density at radius 2 is 1.65 bits per heavy atom. The highest BCUT2D eigenvalue weighted by Gasteiger charge is 2.28. The minimum Gasteiger partial charge on any atom is -0.310 e. The zero-order valence-electron chi connectivity index (χ0n) is 11.9. The van der Waals surface area contributed by atoms with Gasteiger partial charge >= 0.3 is 0 Å². The molecule has 0 aromatic rings. The molecule has 2 nitrogen and oxygen atoms in total. The number of nitrogens with zero attached hydrogens (tertiary/aromatic N) is 1. The van der Waals surface area contributed by atoms with E-state index in [9.17, 15) is 0 Å². The molecule has 2 fully saturated rings. The SMILES string of the molecule is CC(CN1CCCC1)NC1C(C)CCCC1C. The predicted molar refractivity (Wildman–Crippen MR) is 74.2 cm³/mol. The first-order chi connectivity index (χ1) is 8.16. The lowest BCUT2D eigenvalue weighted by Crippen LogP contribution is -2.50. The summed E-state index contributed by atoms with van der Waals surface area (Å²) in [6, 6.07) is 1.41. The van der Waals surface area contributed by atoms with Crippen molar-refractivity contribution in [3.8, 4) is 0 Å². The van der Waals surface area contributed by atoms with Gasteiger partial charge in [-0.3, -0.25) is 0 Å². The van der Waals surface area contributed by atoms with Gasteiger partial charge < -0.3 is 10.2 Å². The van der Waals surface area contributed by atoms with Crippen LogP contribution in [0.5, 0.6) is 0 Å². The summed E-state index contributed by atoms with van der Waals surface area (Å²) in [5.74, 6) is 1.72. The van der Waals surface area contributed by atoms with E-state index < -0.39 is 0 Å². The first-order valence-electron chi connectivity index (χ1n) is 7.65. The van der Waals surface area contributed by atoms with Gasteiger partial charge in [0, 0.05) is 18.6 Å². The number of hydrogen-bond donors (Lipinski definition) is 1. The minimum atomic E-state index is 0.654. The van der Waals surface area contributed by atoms with E-state index in [0.29, 0.717) is 6.04 Å². The van der Waals surface area contributed by atoms with Crippen molar-refractivity contribution in [1.29, 1.82) is 0 Å². The Morgan fingerprint density at radius 1 is 1.06 bits per heavy atom. The number of hydrogen-bond acceptors (Lipinski definition) is 2. The zero-order chi connectivity index (χ0) is 12.3. The summed E-state index contributed by atoms with van der Waals surface area (Å²) in [5, 5.41) is 3.90. The van der Waals surface area contributed by atoms with Crippen molar-refractivity contribution in [2.24, 2.45) is 11.8 Å². The van der Waals surface area contributed by atoms with Crippen LogP contribution in [-0.2, 0) is 0 Å². The largest absolute Gasteiger partial charge is 0.310 e. The molecule has 100 valence electrons. The highest BCUT2D eigenvalue weighted by Crippen LogP contribution is 2.29. The fraction of sp³-hybridized carbons (Fsp3) is 1.00. The molecule has 3 unspecified atom stereocenters. The molecule has 1 aliphatic heterocycles. The van der Waals surface area contributed by atoms with Gasteiger partial charge in [0.05, 0.1) is 0 Å². The lowest BCUT2D eigenvalue weighted by atomic mass is 9.78. The molecule has 0 amide bonds. The summed E-state index contributed by atoms with van der Waals surface area (Å²) in [6.45, 7) is 11.1. The van der Waals surface area contributed by atoms with Crippen molar-refractivity contribution in [3.05, 3.63) is 0 Å². The highest BCUT2D eigenvalue weighted by atomic mass is 15.2. The first-order valence-corrected chi connectivity index (χ1v) is 7.65. The van der Waals surface area contributed by atoms with E-state index in [-0.39, 0.29) is 0 Å². The van der Waals surface area contributed by atoms with Crippen LogP contribution in [0.25, 0.3) is 0 Å². The number of likely N-dealkylation sites (tertiary alicyclic amines) is 1. The van der Waals surface area contributed by atoms with E-state index >= 15 is 0 Å². The smallest absolute Gasteiger partial charge is 0.0169 e. The molecule has 1 saturated heterocycles. The molecule has 0 bridgehead atoms. The monoisotopic (exact) mass is 238 g/mol. The standard InChI is InChI=1S/C15H30N2/c1-12-7-6-8-13(2)15(12)16-14(3)11-17-9-4-5-10-17/h12-16H,4-11H2,1-3H3. The molecular formula is C15H30N2. The third-order valence-corrected chi connectivity index (χ3v) is 4.75. The third-order valence-electron chi connectivity index (χ3n) is 4.75. The predicted octanol–water partition coefficient (Wildman–Crippen LogP) is 2.89. The van der Waals surface area contributed by atoms with Crippen LogP contribution in [0.1, 0.15) is 52.9 Å². The summed E-state index contributed by atoms with van der Waals surface area (Å²) in [5.41, 5.74) is 0. The molecule has 0 spiro atoms. The fourth-order valence-corrected chi connectivity index (χ4v) is 3.74. The van der Waals surface area contributed by atoms with Crippen LogP contribution in [0.4, 0.5) is 0 Å². The summed E-state index contributed by atoms with van der Waals surface area (Å²) >= 11 is 0. The Hall–Kier alpha value is -0.0800. The van der Waals surface area contributed by atoms with Crippen molar-refractivity contribution in [3.63, 3.8) is 0 Å². The Bertz CT molecular complexity index is 213. The van der Waals surface area contributed by atoms with Crippen LogP contribution in [0.15, 0.2) is 0 Å². The van der Waals surface area contributed by atoms with E-state index in [1.807, 2.05) is 0 Å². The minimum absolute atomic E-state index is 0.654. The molecule has 1 aliphatic carbocycles. The maximum Gasteiger partial charge on any atom is 0.0169 e. The molecule has 0 radical (unpaired) electrons. The molecule has 1 saturated carbocycles. The van der Waals surface area contributed by atoms with Gasteiger partial charge in [-0.15, -0.1) is 0 Å². The van der Waals surface area contributed by atoms with Gasteiger partial charge in [-0.05, 0) is 57.5 Å². The average Bonchev–Trinajstić information content (AvgIpc) is 2.76. The van der Waals surface area contributed by atoms with Crippen LogP contribution in [0.2, 0.25) is 0 Å². The van der Waals surface area contributed by atoms with E-state index in [1.54, 1.807) is 0 Å². The van der Waals surface area contributed by atoms with Crippen molar-refractivity contribution >= 4 is 0 Å². The Morgan fingerprint density at radius 3 is 2.24 bits per heavy atom. The van der Waals surface area contributed by atoms with Crippen molar-refractivity contribution in [2.45, 2.75) is 65.0 Å². The van der Waals surface area contributed by atoms with Crippen LogP contribution < -0.4 is 5.32 Å². The first kappa shape index (κ1) is 13.4. The average molecular weight is 238 g/mol. The summed E-state index contributed by atoms with van der Waals surface area (Å²) in [4.78, 5) is 2.62. The van der Waals surface area contributed by atoms with Gasteiger partial charge in [-0.2, -0.15) is 0 Å². The Kier molecular flexibility index (Phi) is 4.87. The lowest BCUT2D eigenvalue weighted by Gasteiger charge is -2.38. The maximum absolute atomic E-state index is 3.90. The molecule has 0 aromatic heterocycles. The van der Waals surface area contributed by atoms with Crippen molar-refractivity contribution in [2.75, 3.05) is 19.6 Å². The second kappa shape index (κ2) is 6.19. The molecule has 2 heteroatoms. The fourth-order valence-electron chi connectivity index (χ4n) is 3.74. The topological polar surface area (TPSA) is 15.3 Å². The van der Waals surface area contributed by atoms with Gasteiger partial charge in [0.1, 0.15) is 0 Å². The van der Waals surface area contributed by atoms with Crippen LogP contribution in [0, 0.1) is 11.8 Å². The summed E-state index contributed by atoms with van der Waals surface area (Å²) in [7, 11) is 0. The Balaban J connectivity index is 1.77. The van der Waals surface area contributed by atoms with Gasteiger partial charge in [-0.25, -0.2) is 0 Å². The van der Waals surface area contributed by atoms with Crippen molar-refractivity contribution < 1.29 is 0 Å².